The second kappa shape index (κ2) is 56.6. The highest BCUT2D eigenvalue weighted by atomic mass is 128. The Hall–Kier alpha value is -0.480. The molecule has 0 saturated carbocycles. The highest BCUT2D eigenvalue weighted by Gasteiger charge is 2.15. The van der Waals surface area contributed by atoms with Gasteiger partial charge in [-0.3, -0.25) is 0 Å². The first-order chi connectivity index (χ1) is 25.2. The third kappa shape index (κ3) is 149. The Morgan fingerprint density at radius 3 is 0.946 bits per heavy atom. The van der Waals surface area contributed by atoms with Gasteiger partial charge in [-0.05, 0) is 110 Å². The second-order valence-corrected chi connectivity index (χ2v) is 13.7. The standard InChI is InChI=1S/2C7H15NO2.C5H13NO.3C3H9NO.2C3H6O.C2H7N.I2.H3N.2H2/c2*1-5-8-6(9)10-7(2,3)4;1-3-6-4-5(2)7;3*1-3(5)2-4;2*1-3-2-4-3;1-2-3;1-2;;;/h2*5H2,1-4H3,(H,8,9);5-7H,3-4H2,1-2H3;3*3,5H,2,4H2,1H3;2*3H,2H2,1H3;2-3H2,1H3;;1H3;2*1H/p+1/i;;;;;;;;;;;2*1+1. The zero-order valence-electron chi connectivity index (χ0n) is 39.0. The lowest BCUT2D eigenvalue weighted by molar-refractivity contribution is 0.0519. The maximum Gasteiger partial charge on any atom is 1.00 e. The van der Waals surface area contributed by atoms with Crippen molar-refractivity contribution < 1.29 is 53.2 Å². The molecule has 354 valence electrons. The van der Waals surface area contributed by atoms with E-state index >= 15 is 0 Å². The van der Waals surface area contributed by atoms with E-state index < -0.39 is 0 Å². The van der Waals surface area contributed by atoms with Gasteiger partial charge in [0, 0.05) is 79.4 Å². The zero-order chi connectivity index (χ0) is 45.6. The fourth-order valence-corrected chi connectivity index (χ4v) is 1.46. The molecule has 2 rings (SSSR count). The van der Waals surface area contributed by atoms with Crippen LogP contribution in [0.2, 0.25) is 0 Å². The van der Waals surface area contributed by atoms with E-state index in [2.05, 4.69) is 67.0 Å². The summed E-state index contributed by atoms with van der Waals surface area (Å²) in [6.07, 6.45) is -0.759. The van der Waals surface area contributed by atoms with E-state index in [0.29, 0.717) is 51.5 Å². The predicted octanol–water partition coefficient (Wildman–Crippen LogP) is 4.33. The number of hydrogen-bond donors (Lipinski definition) is 12. The van der Waals surface area contributed by atoms with Crippen LogP contribution in [0.4, 0.5) is 9.59 Å². The molecule has 2 fully saturated rings. The molecule has 0 aromatic heterocycles. The number of nitrogens with one attached hydrogen (secondary N) is 3. The Morgan fingerprint density at radius 2 is 0.875 bits per heavy atom. The number of epoxide rings is 2. The van der Waals surface area contributed by atoms with Gasteiger partial charge in [0.05, 0.1) is 49.8 Å². The summed E-state index contributed by atoms with van der Waals surface area (Å²) in [5, 5.41) is 41.4. The van der Waals surface area contributed by atoms with Gasteiger partial charge in [-0.25, -0.2) is 9.59 Å². The summed E-state index contributed by atoms with van der Waals surface area (Å²) in [6.45, 7) is 36.1. The van der Waals surface area contributed by atoms with Gasteiger partial charge in [-0.15, -0.1) is 0 Å². The van der Waals surface area contributed by atoms with Crippen LogP contribution in [0.1, 0.15) is 115 Å². The van der Waals surface area contributed by atoms with Crippen LogP contribution in [0, 0.1) is 0 Å². The molecule has 0 aromatic rings. The average molecular weight is 1060 g/mol. The van der Waals surface area contributed by atoms with Crippen LogP contribution in [0.15, 0.2) is 0 Å². The average Bonchev–Trinajstić information content (AvgIpc) is 4.01. The van der Waals surface area contributed by atoms with Crippen molar-refractivity contribution in [3.8, 4) is 0 Å². The van der Waals surface area contributed by atoms with Crippen LogP contribution in [-0.2, 0) is 18.9 Å². The normalized spacial score (nSPS) is 15.8. The molecule has 2 heterocycles. The van der Waals surface area contributed by atoms with Crippen molar-refractivity contribution in [2.24, 2.45) is 22.9 Å². The van der Waals surface area contributed by atoms with E-state index in [1.54, 1.807) is 27.7 Å². The van der Waals surface area contributed by atoms with Gasteiger partial charge in [0.2, 0.25) is 0 Å². The Balaban J connectivity index is -0.0000000425. The molecule has 2 saturated heterocycles. The minimum Gasteiger partial charge on any atom is -0.444 e. The summed E-state index contributed by atoms with van der Waals surface area (Å²) in [5.74, 6) is 0. The lowest BCUT2D eigenvalue weighted by Gasteiger charge is -2.19. The summed E-state index contributed by atoms with van der Waals surface area (Å²) in [5.41, 5.74) is 18.8. The van der Waals surface area contributed by atoms with Crippen molar-refractivity contribution >= 4 is 49.4 Å². The number of likely N-dealkylation sites (N-methyl/N-ethyl adjacent to an activating group) is 1. The van der Waals surface area contributed by atoms with Gasteiger partial charge in [0.15, 0.2) is 0 Å². The Morgan fingerprint density at radius 1 is 0.679 bits per heavy atom. The zero-order valence-corrected chi connectivity index (χ0v) is 42.4. The van der Waals surface area contributed by atoms with Gasteiger partial charge in [0.1, 0.15) is 11.2 Å². The van der Waals surface area contributed by atoms with Gasteiger partial charge in [-0.2, -0.15) is 0 Å². The fourth-order valence-electron chi connectivity index (χ4n) is 1.46. The molecule has 0 aromatic carbocycles. The molecule has 6 atom stereocenters. The van der Waals surface area contributed by atoms with Crippen LogP contribution in [0.25, 0.3) is 0 Å². The highest BCUT2D eigenvalue weighted by Crippen LogP contribution is 2.07. The summed E-state index contributed by atoms with van der Waals surface area (Å²) >= 11 is 4.24. The van der Waals surface area contributed by atoms with Crippen LogP contribution in [-0.4, -0.2) is 146 Å². The third-order valence-electron chi connectivity index (χ3n) is 4.15. The first-order valence-corrected chi connectivity index (χ1v) is 25.0. The van der Waals surface area contributed by atoms with Crippen molar-refractivity contribution in [2.75, 3.05) is 65.6 Å². The summed E-state index contributed by atoms with van der Waals surface area (Å²) in [6, 6.07) is 0. The number of carbonyl (C=O) groups is 2. The van der Waals surface area contributed by atoms with Crippen molar-refractivity contribution in [1.82, 2.24) is 22.1 Å². The number of rotatable bonds is 8. The first-order valence-electron chi connectivity index (χ1n) is 18.7. The van der Waals surface area contributed by atoms with Crippen molar-refractivity contribution in [2.45, 2.75) is 159 Å². The van der Waals surface area contributed by atoms with Gasteiger partial charge < -0.3 is 84.4 Å². The number of aliphatic hydroxyl groups is 4. The maximum atomic E-state index is 10.7. The SMILES string of the molecule is CC(O)CN.CC(O)CN.CC(O)CN.CC1CO1.CC1CO1.CCN.CCNC(=O)OC(C)(C)C.CCNC(=O)OC(C)(C)C.CCNCC(C)O.II.N.[2HH].[2HH].[H+]. The molecule has 18 nitrogen and oxygen atoms in total. The molecule has 56 heavy (non-hydrogen) atoms. The van der Waals surface area contributed by atoms with Crippen LogP contribution in [0.5, 0.6) is 0 Å². The smallest absolute Gasteiger partial charge is 0.444 e. The highest BCUT2D eigenvalue weighted by molar-refractivity contribution is 15.0. The Bertz CT molecular complexity index is 689. The number of alkyl carbamates (subject to hydrolysis) is 2. The lowest BCUT2D eigenvalue weighted by atomic mass is 10.2. The largest absolute Gasteiger partial charge is 1.00 e. The molecule has 0 bridgehead atoms. The number of hydrogen-bond acceptors (Lipinski definition) is 16. The molecular weight excluding hydrogens is 958 g/mol. The van der Waals surface area contributed by atoms with Crippen molar-refractivity contribution in [3.05, 3.63) is 0 Å². The van der Waals surface area contributed by atoms with Crippen LogP contribution >= 0.6 is 37.2 Å². The van der Waals surface area contributed by atoms with Crippen molar-refractivity contribution in [1.29, 1.82) is 0 Å². The topological polar surface area (TPSA) is 334 Å². The van der Waals surface area contributed by atoms with E-state index in [9.17, 15) is 9.59 Å². The third-order valence-corrected chi connectivity index (χ3v) is 4.15. The molecule has 0 spiro atoms. The van der Waals surface area contributed by atoms with E-state index in [0.717, 1.165) is 26.3 Å². The van der Waals surface area contributed by atoms with E-state index in [-0.39, 0.29) is 58.2 Å². The van der Waals surface area contributed by atoms with E-state index in [1.165, 1.54) is 0 Å². The Labute approximate surface area is 370 Å². The molecule has 6 unspecified atom stereocenters. The molecule has 18 N–H and O–H groups in total. The number of nitrogens with two attached hydrogens (primary N) is 4. The van der Waals surface area contributed by atoms with Crippen LogP contribution < -0.4 is 45.0 Å². The number of halogens is 2. The van der Waals surface area contributed by atoms with E-state index in [1.807, 2.05) is 69.2 Å². The molecule has 20 heteroatoms. The molecule has 2 amide bonds. The number of aliphatic hydroxyl groups excluding tert-OH is 4. The number of ether oxygens (including phenoxy) is 4. The van der Waals surface area contributed by atoms with Crippen molar-refractivity contribution in [3.63, 3.8) is 0 Å². The maximum absolute atomic E-state index is 10.7. The molecule has 0 aliphatic carbocycles. The minimum atomic E-state index is -0.390. The summed E-state index contributed by atoms with van der Waals surface area (Å²) in [7, 11) is 0. The number of amides is 2. The van der Waals surface area contributed by atoms with Crippen LogP contribution in [0.3, 0.4) is 0 Å². The van der Waals surface area contributed by atoms with Gasteiger partial charge in [0.25, 0.3) is 0 Å². The van der Waals surface area contributed by atoms with Gasteiger partial charge in [-0.1, -0.05) is 13.8 Å². The summed E-state index contributed by atoms with van der Waals surface area (Å²) in [4.78, 5) is 21.5. The number of carbonyl (C=O) groups excluding carboxylic acids is 2. The first kappa shape index (κ1) is 76.3. The Kier molecular flexibility index (Phi) is 77.1. The minimum absolute atomic E-state index is 0. The summed E-state index contributed by atoms with van der Waals surface area (Å²) < 4.78 is 19.3. The lowest BCUT2D eigenvalue weighted by Crippen LogP contribution is -2.32. The molecule has 2 aliphatic rings. The monoisotopic (exact) mass is 1060 g/mol. The predicted molar refractivity (Wildman–Crippen MR) is 256 cm³/mol. The fraction of sp³-hybridized carbons (Fsp3) is 0.944. The van der Waals surface area contributed by atoms with E-state index in [4.69, 9.17) is 62.3 Å². The van der Waals surface area contributed by atoms with Gasteiger partial charge >= 0.3 is 13.6 Å². The quantitative estimate of drug-likeness (QED) is 0.119. The second-order valence-electron chi connectivity index (χ2n) is 13.7. The molecule has 0 radical (unpaired) electrons. The molecular formula is C36H97I2N8O10+. The molecule has 2 aliphatic heterocycles.